The van der Waals surface area contributed by atoms with Crippen LogP contribution in [0.1, 0.15) is 0 Å². The van der Waals surface area contributed by atoms with E-state index in [1.165, 1.54) is 7.11 Å². The van der Waals surface area contributed by atoms with Crippen LogP contribution in [0.4, 0.5) is 16.2 Å². The van der Waals surface area contributed by atoms with E-state index in [2.05, 4.69) is 5.32 Å². The molecule has 5 N–H and O–H groups in total. The lowest BCUT2D eigenvalue weighted by molar-refractivity contribution is 0.259. The van der Waals surface area contributed by atoms with Gasteiger partial charge < -0.3 is 21.5 Å². The SMILES string of the molecule is COc1cc(N)ccc1NC(N)=O. The van der Waals surface area contributed by atoms with Gasteiger partial charge in [-0.25, -0.2) is 4.79 Å². The maximum absolute atomic E-state index is 10.5. The molecule has 1 rings (SSSR count). The molecular formula is C8H11N3O2. The fourth-order valence-corrected chi connectivity index (χ4v) is 0.944. The number of methoxy groups -OCH3 is 1. The third-order valence-corrected chi connectivity index (χ3v) is 1.48. The van der Waals surface area contributed by atoms with Crippen LogP contribution in [-0.4, -0.2) is 13.1 Å². The highest BCUT2D eigenvalue weighted by Gasteiger charge is 2.04. The van der Waals surface area contributed by atoms with Crippen molar-refractivity contribution in [1.29, 1.82) is 0 Å². The van der Waals surface area contributed by atoms with Crippen LogP contribution in [0.15, 0.2) is 18.2 Å². The molecule has 0 aliphatic carbocycles. The first-order valence-electron chi connectivity index (χ1n) is 3.63. The first kappa shape index (κ1) is 9.18. The molecule has 0 bridgehead atoms. The van der Waals surface area contributed by atoms with Crippen molar-refractivity contribution >= 4 is 17.4 Å². The fraction of sp³-hybridized carbons (Fsp3) is 0.125. The highest BCUT2D eigenvalue weighted by atomic mass is 16.5. The van der Waals surface area contributed by atoms with Gasteiger partial charge in [-0.3, -0.25) is 0 Å². The lowest BCUT2D eigenvalue weighted by atomic mass is 10.2. The number of benzene rings is 1. The summed E-state index contributed by atoms with van der Waals surface area (Å²) in [6.07, 6.45) is 0. The van der Waals surface area contributed by atoms with Crippen molar-refractivity contribution in [2.75, 3.05) is 18.2 Å². The lowest BCUT2D eigenvalue weighted by Crippen LogP contribution is -2.19. The highest BCUT2D eigenvalue weighted by molar-refractivity contribution is 5.90. The van der Waals surface area contributed by atoms with Crippen LogP contribution in [0.25, 0.3) is 0 Å². The molecule has 0 radical (unpaired) electrons. The molecule has 0 unspecified atom stereocenters. The molecule has 2 amide bonds. The Kier molecular flexibility index (Phi) is 2.59. The van der Waals surface area contributed by atoms with E-state index in [1.54, 1.807) is 18.2 Å². The van der Waals surface area contributed by atoms with Crippen LogP contribution in [-0.2, 0) is 0 Å². The van der Waals surface area contributed by atoms with Crippen LogP contribution in [0.5, 0.6) is 5.75 Å². The van der Waals surface area contributed by atoms with Crippen molar-refractivity contribution in [1.82, 2.24) is 0 Å². The first-order chi connectivity index (χ1) is 6.13. The van der Waals surface area contributed by atoms with Crippen molar-refractivity contribution in [3.63, 3.8) is 0 Å². The number of anilines is 2. The Labute approximate surface area is 75.7 Å². The molecule has 5 nitrogen and oxygen atoms in total. The van der Waals surface area contributed by atoms with Crippen LogP contribution in [0.2, 0.25) is 0 Å². The second-order valence-electron chi connectivity index (χ2n) is 2.45. The minimum Gasteiger partial charge on any atom is -0.494 e. The Morgan fingerprint density at radius 2 is 2.23 bits per heavy atom. The summed E-state index contributed by atoms with van der Waals surface area (Å²) in [7, 11) is 1.49. The number of hydrogen-bond donors (Lipinski definition) is 3. The summed E-state index contributed by atoms with van der Waals surface area (Å²) in [6.45, 7) is 0. The zero-order valence-corrected chi connectivity index (χ0v) is 7.20. The molecule has 70 valence electrons. The number of amides is 2. The van der Waals surface area contributed by atoms with Crippen LogP contribution >= 0.6 is 0 Å². The second kappa shape index (κ2) is 3.66. The number of hydrogen-bond acceptors (Lipinski definition) is 3. The molecule has 1 aromatic carbocycles. The molecule has 0 aliphatic rings. The van der Waals surface area contributed by atoms with Gasteiger partial charge in [0, 0.05) is 11.8 Å². The zero-order chi connectivity index (χ0) is 9.84. The Bertz CT molecular complexity index is 325. The molecule has 0 saturated carbocycles. The first-order valence-corrected chi connectivity index (χ1v) is 3.63. The maximum atomic E-state index is 10.5. The molecule has 0 fully saturated rings. The summed E-state index contributed by atoms with van der Waals surface area (Å²) in [5, 5.41) is 2.41. The molecular weight excluding hydrogens is 170 g/mol. The summed E-state index contributed by atoms with van der Waals surface area (Å²) < 4.78 is 4.98. The minimum atomic E-state index is -0.636. The third-order valence-electron chi connectivity index (χ3n) is 1.48. The van der Waals surface area contributed by atoms with Crippen molar-refractivity contribution in [3.8, 4) is 5.75 Å². The van der Waals surface area contributed by atoms with Crippen molar-refractivity contribution < 1.29 is 9.53 Å². The van der Waals surface area contributed by atoms with E-state index < -0.39 is 6.03 Å². The molecule has 1 aromatic rings. The topological polar surface area (TPSA) is 90.4 Å². The van der Waals surface area contributed by atoms with Gasteiger partial charge in [0.25, 0.3) is 0 Å². The van der Waals surface area contributed by atoms with Gasteiger partial charge in [0.15, 0.2) is 0 Å². The van der Waals surface area contributed by atoms with Crippen molar-refractivity contribution in [3.05, 3.63) is 18.2 Å². The van der Waals surface area contributed by atoms with Crippen LogP contribution in [0.3, 0.4) is 0 Å². The number of nitrogens with one attached hydrogen (secondary N) is 1. The Morgan fingerprint density at radius 3 is 2.77 bits per heavy atom. The maximum Gasteiger partial charge on any atom is 0.316 e. The van der Waals surface area contributed by atoms with Gasteiger partial charge >= 0.3 is 6.03 Å². The number of rotatable bonds is 2. The average Bonchev–Trinajstić information content (AvgIpc) is 2.07. The summed E-state index contributed by atoms with van der Waals surface area (Å²) in [5.74, 6) is 0.485. The molecule has 0 aliphatic heterocycles. The van der Waals surface area contributed by atoms with Gasteiger partial charge in [-0.2, -0.15) is 0 Å². The quantitative estimate of drug-likeness (QED) is 0.588. The number of carbonyl (C=O) groups excluding carboxylic acids is 1. The normalized spacial score (nSPS) is 9.31. The number of primary amides is 1. The van der Waals surface area contributed by atoms with Gasteiger partial charge in [0.2, 0.25) is 0 Å². The number of nitrogens with two attached hydrogens (primary N) is 2. The standard InChI is InChI=1S/C8H11N3O2/c1-13-7-4-5(9)2-3-6(7)11-8(10)12/h2-4H,9H2,1H3,(H3,10,11,12). The zero-order valence-electron chi connectivity index (χ0n) is 7.20. The number of nitrogen functional groups attached to an aromatic ring is 1. The van der Waals surface area contributed by atoms with E-state index in [0.717, 1.165) is 0 Å². The highest BCUT2D eigenvalue weighted by Crippen LogP contribution is 2.26. The number of ether oxygens (including phenoxy) is 1. The van der Waals surface area contributed by atoms with Gasteiger partial charge in [-0.15, -0.1) is 0 Å². The Balaban J connectivity index is 2.99. The van der Waals surface area contributed by atoms with Crippen LogP contribution < -0.4 is 21.5 Å². The van der Waals surface area contributed by atoms with Crippen molar-refractivity contribution in [2.24, 2.45) is 5.73 Å². The summed E-state index contributed by atoms with van der Waals surface area (Å²) in [5.41, 5.74) is 11.5. The smallest absolute Gasteiger partial charge is 0.316 e. The summed E-state index contributed by atoms with van der Waals surface area (Å²) >= 11 is 0. The van der Waals surface area contributed by atoms with E-state index in [-0.39, 0.29) is 0 Å². The average molecular weight is 181 g/mol. The molecule has 0 heterocycles. The molecule has 0 aromatic heterocycles. The van der Waals surface area contributed by atoms with E-state index in [4.69, 9.17) is 16.2 Å². The van der Waals surface area contributed by atoms with E-state index in [1.807, 2.05) is 0 Å². The van der Waals surface area contributed by atoms with E-state index in [9.17, 15) is 4.79 Å². The molecule has 0 saturated heterocycles. The van der Waals surface area contributed by atoms with Crippen molar-refractivity contribution in [2.45, 2.75) is 0 Å². The monoisotopic (exact) mass is 181 g/mol. The second-order valence-corrected chi connectivity index (χ2v) is 2.45. The molecule has 0 atom stereocenters. The van der Waals surface area contributed by atoms with Gasteiger partial charge in [-0.1, -0.05) is 0 Å². The number of carbonyl (C=O) groups is 1. The number of urea groups is 1. The molecule has 13 heavy (non-hydrogen) atoms. The van der Waals surface area contributed by atoms with E-state index in [0.29, 0.717) is 17.1 Å². The predicted octanol–water partition coefficient (Wildman–Crippen LogP) is 0.768. The molecule has 5 heteroatoms. The summed E-state index contributed by atoms with van der Waals surface area (Å²) in [4.78, 5) is 10.5. The van der Waals surface area contributed by atoms with Gasteiger partial charge in [0.1, 0.15) is 5.75 Å². The van der Waals surface area contributed by atoms with Gasteiger partial charge in [0.05, 0.1) is 12.8 Å². The Hall–Kier alpha value is -1.91. The Morgan fingerprint density at radius 1 is 1.54 bits per heavy atom. The lowest BCUT2D eigenvalue weighted by Gasteiger charge is -2.08. The third kappa shape index (κ3) is 2.26. The summed E-state index contributed by atoms with van der Waals surface area (Å²) in [6, 6.07) is 4.24. The fourth-order valence-electron chi connectivity index (χ4n) is 0.944. The molecule has 0 spiro atoms. The minimum absolute atomic E-state index is 0.485. The van der Waals surface area contributed by atoms with Gasteiger partial charge in [-0.05, 0) is 12.1 Å². The van der Waals surface area contributed by atoms with Crippen LogP contribution in [0, 0.1) is 0 Å². The largest absolute Gasteiger partial charge is 0.494 e. The predicted molar refractivity (Wildman–Crippen MR) is 50.6 cm³/mol. The van der Waals surface area contributed by atoms with E-state index >= 15 is 0 Å².